The summed E-state index contributed by atoms with van der Waals surface area (Å²) in [5.74, 6) is -2.86. The highest BCUT2D eigenvalue weighted by Gasteiger charge is 2.55. The molecule has 0 radical (unpaired) electrons. The highest BCUT2D eigenvalue weighted by molar-refractivity contribution is 5.90. The molecule has 6 unspecified atom stereocenters. The average Bonchev–Trinajstić information content (AvgIpc) is 3.17. The Hall–Kier alpha value is -5.35. The minimum absolute atomic E-state index is 0.0185. The third kappa shape index (κ3) is 11.1. The first-order valence-electron chi connectivity index (χ1n) is 17.7. The van der Waals surface area contributed by atoms with Gasteiger partial charge in [-0.05, 0) is 49.2 Å². The van der Waals surface area contributed by atoms with Gasteiger partial charge >= 0.3 is 23.9 Å². The van der Waals surface area contributed by atoms with E-state index >= 15 is 0 Å². The Morgan fingerprint density at radius 1 is 0.618 bits per heavy atom. The molecule has 292 valence electrons. The lowest BCUT2D eigenvalue weighted by Crippen LogP contribution is -2.66. The highest BCUT2D eigenvalue weighted by atomic mass is 16.8. The molecule has 2 heterocycles. The van der Waals surface area contributed by atoms with Gasteiger partial charge in [0, 0.05) is 25.3 Å². The van der Waals surface area contributed by atoms with Crippen LogP contribution in [-0.2, 0) is 58.8 Å². The number of hydrogen-bond donors (Lipinski definition) is 0. The number of ether oxygens (including phenoxy) is 9. The van der Waals surface area contributed by atoms with Crippen molar-refractivity contribution in [3.63, 3.8) is 0 Å². The third-order valence-electron chi connectivity index (χ3n) is 8.68. The summed E-state index contributed by atoms with van der Waals surface area (Å²) in [5.41, 5.74) is 10.0. The number of esters is 4. The first-order valence-corrected chi connectivity index (χ1v) is 17.7. The Balaban J connectivity index is 1.53. The summed E-state index contributed by atoms with van der Waals surface area (Å²) in [4.78, 5) is 54.8. The van der Waals surface area contributed by atoms with E-state index in [4.69, 9.17) is 48.2 Å². The van der Waals surface area contributed by atoms with Gasteiger partial charge in [-0.15, -0.1) is 0 Å². The number of carbonyl (C=O) groups is 4. The molecule has 5 rings (SSSR count). The second-order valence-electron chi connectivity index (χ2n) is 12.7. The fraction of sp³-hybridized carbons (Fsp3) is 0.436. The van der Waals surface area contributed by atoms with Crippen LogP contribution in [0.3, 0.4) is 0 Å². The molecule has 0 spiro atoms. The van der Waals surface area contributed by atoms with Crippen LogP contribution in [0.1, 0.15) is 54.0 Å². The zero-order chi connectivity index (χ0) is 39.3. The lowest BCUT2D eigenvalue weighted by Gasteiger charge is -2.48. The molecule has 2 saturated heterocycles. The van der Waals surface area contributed by atoms with Crippen LogP contribution in [0.5, 0.6) is 0 Å². The van der Waals surface area contributed by atoms with Gasteiger partial charge in [0.15, 0.2) is 37.0 Å². The summed E-state index contributed by atoms with van der Waals surface area (Å²) < 4.78 is 54.9. The van der Waals surface area contributed by atoms with E-state index in [2.05, 4.69) is 10.0 Å². The summed E-state index contributed by atoms with van der Waals surface area (Å²) in [6.45, 7) is 5.38. The van der Waals surface area contributed by atoms with Gasteiger partial charge in [0.05, 0.1) is 36.5 Å². The van der Waals surface area contributed by atoms with Crippen molar-refractivity contribution >= 4 is 23.9 Å². The quantitative estimate of drug-likeness (QED) is 0.0496. The van der Waals surface area contributed by atoms with E-state index in [0.29, 0.717) is 0 Å². The SMILES string of the molecule is CC(=O)OC1C(O[C@@H]2OC(C)[C@@H](OC(=O)c3ccccc3)C(OC(C)=O)C2OCc2ccccc2)[C@H](OC(=O)c2ccccc2)C(C)O[C@H]1OCCN=[N+]=[N-]. The minimum atomic E-state index is -1.43. The van der Waals surface area contributed by atoms with Crippen molar-refractivity contribution < 1.29 is 61.8 Å². The zero-order valence-corrected chi connectivity index (χ0v) is 30.7. The summed E-state index contributed by atoms with van der Waals surface area (Å²) in [7, 11) is 0. The summed E-state index contributed by atoms with van der Waals surface area (Å²) in [6.07, 6.45) is -12.3. The fourth-order valence-corrected chi connectivity index (χ4v) is 6.20. The molecule has 2 aliphatic rings. The van der Waals surface area contributed by atoms with Gasteiger partial charge in [0.2, 0.25) is 0 Å². The van der Waals surface area contributed by atoms with Crippen molar-refractivity contribution in [3.05, 3.63) is 118 Å². The second kappa shape index (κ2) is 19.8. The number of carbonyl (C=O) groups excluding carboxylic acids is 4. The minimum Gasteiger partial charge on any atom is -0.455 e. The van der Waals surface area contributed by atoms with Crippen LogP contribution in [0.4, 0.5) is 0 Å². The van der Waals surface area contributed by atoms with E-state index in [1.54, 1.807) is 74.5 Å². The molecule has 0 aromatic heterocycles. The van der Waals surface area contributed by atoms with Gasteiger partial charge in [-0.2, -0.15) is 0 Å². The molecular weight excluding hydrogens is 718 g/mol. The molecule has 2 aliphatic heterocycles. The number of nitrogens with zero attached hydrogens (tertiary/aromatic N) is 3. The molecule has 16 heteroatoms. The van der Waals surface area contributed by atoms with Crippen molar-refractivity contribution in [1.82, 2.24) is 0 Å². The van der Waals surface area contributed by atoms with E-state index in [-0.39, 0.29) is 30.9 Å². The highest BCUT2D eigenvalue weighted by Crippen LogP contribution is 2.36. The maximum atomic E-state index is 13.5. The average molecular weight is 762 g/mol. The first-order chi connectivity index (χ1) is 26.5. The largest absolute Gasteiger partial charge is 0.455 e. The molecule has 0 bridgehead atoms. The topological polar surface area (TPSA) is 200 Å². The van der Waals surface area contributed by atoms with Crippen molar-refractivity contribution in [3.8, 4) is 0 Å². The molecule has 16 nitrogen and oxygen atoms in total. The van der Waals surface area contributed by atoms with Crippen LogP contribution < -0.4 is 0 Å². The third-order valence-corrected chi connectivity index (χ3v) is 8.68. The Morgan fingerprint density at radius 2 is 1.11 bits per heavy atom. The van der Waals surface area contributed by atoms with E-state index in [9.17, 15) is 19.2 Å². The number of hydrogen-bond acceptors (Lipinski definition) is 14. The van der Waals surface area contributed by atoms with Crippen molar-refractivity contribution in [2.24, 2.45) is 5.11 Å². The Morgan fingerprint density at radius 3 is 1.64 bits per heavy atom. The second-order valence-corrected chi connectivity index (χ2v) is 12.7. The fourth-order valence-electron chi connectivity index (χ4n) is 6.20. The molecule has 0 amide bonds. The number of benzene rings is 3. The maximum Gasteiger partial charge on any atom is 0.338 e. The Kier molecular flexibility index (Phi) is 14.7. The lowest BCUT2D eigenvalue weighted by atomic mass is 9.96. The zero-order valence-electron chi connectivity index (χ0n) is 30.7. The molecule has 2 fully saturated rings. The van der Waals surface area contributed by atoms with E-state index in [1.807, 2.05) is 30.3 Å². The Bertz CT molecular complexity index is 1780. The van der Waals surface area contributed by atoms with E-state index in [0.717, 1.165) is 5.56 Å². The molecule has 0 N–H and O–H groups in total. The van der Waals surface area contributed by atoms with E-state index < -0.39 is 85.3 Å². The van der Waals surface area contributed by atoms with Crippen LogP contribution in [-0.4, -0.2) is 98.4 Å². The predicted octanol–water partition coefficient (Wildman–Crippen LogP) is 5.09. The van der Waals surface area contributed by atoms with Crippen LogP contribution in [0.25, 0.3) is 10.4 Å². The molecular formula is C39H43N3O13. The smallest absolute Gasteiger partial charge is 0.338 e. The summed E-state index contributed by atoms with van der Waals surface area (Å²) in [5, 5.41) is 3.48. The first kappa shape index (κ1) is 40.8. The molecule has 10 atom stereocenters. The van der Waals surface area contributed by atoms with Gasteiger partial charge in [-0.25, -0.2) is 9.59 Å². The molecule has 3 aromatic carbocycles. The van der Waals surface area contributed by atoms with Gasteiger partial charge in [0.25, 0.3) is 0 Å². The van der Waals surface area contributed by atoms with Crippen LogP contribution in [0.15, 0.2) is 96.1 Å². The summed E-state index contributed by atoms with van der Waals surface area (Å²) >= 11 is 0. The molecule has 0 aliphatic carbocycles. The number of azide groups is 1. The summed E-state index contributed by atoms with van der Waals surface area (Å²) in [6, 6.07) is 25.6. The Labute approximate surface area is 317 Å². The van der Waals surface area contributed by atoms with Gasteiger partial charge in [-0.3, -0.25) is 9.59 Å². The van der Waals surface area contributed by atoms with Gasteiger partial charge in [0.1, 0.15) is 12.2 Å². The van der Waals surface area contributed by atoms with Gasteiger partial charge in [-0.1, -0.05) is 71.8 Å². The molecule has 0 saturated carbocycles. The lowest BCUT2D eigenvalue weighted by molar-refractivity contribution is -0.358. The van der Waals surface area contributed by atoms with Crippen LogP contribution >= 0.6 is 0 Å². The normalized spacial score (nSPS) is 27.5. The van der Waals surface area contributed by atoms with Crippen molar-refractivity contribution in [1.29, 1.82) is 0 Å². The monoisotopic (exact) mass is 761 g/mol. The molecule has 3 aromatic rings. The van der Waals surface area contributed by atoms with E-state index in [1.165, 1.54) is 13.8 Å². The molecule has 55 heavy (non-hydrogen) atoms. The maximum absolute atomic E-state index is 13.5. The van der Waals surface area contributed by atoms with Gasteiger partial charge < -0.3 is 42.6 Å². The number of rotatable bonds is 15. The van der Waals surface area contributed by atoms with Crippen molar-refractivity contribution in [2.75, 3.05) is 13.2 Å². The van der Waals surface area contributed by atoms with Crippen LogP contribution in [0, 0.1) is 0 Å². The van der Waals surface area contributed by atoms with Crippen molar-refractivity contribution in [2.45, 2.75) is 95.7 Å². The van der Waals surface area contributed by atoms with Crippen LogP contribution in [0.2, 0.25) is 0 Å². The standard InChI is InChI=1S/C39H43N3O13/c1-23-31(54-37(46)29-18-12-7-13-19-29)33(35(52-26(4)44)38(49-23)47-21-20-41-42-40)55-39-34(48-22-27-14-8-5-9-15-27)32(51-25(3)43)30(24(2)50-39)53-36(45)28-16-10-6-11-17-28/h5-19,23-24,30-35,38-39H,20-22H2,1-4H3/t23?,24?,30-,31-,32?,33?,34?,35?,38-,39+/m1/s1. The predicted molar refractivity (Wildman–Crippen MR) is 191 cm³/mol.